The van der Waals surface area contributed by atoms with Crippen molar-refractivity contribution in [2.75, 3.05) is 13.2 Å². The molecule has 4 rings (SSSR count). The molecule has 1 saturated heterocycles. The van der Waals surface area contributed by atoms with Crippen LogP contribution in [0.1, 0.15) is 118 Å². The fourth-order valence-electron chi connectivity index (χ4n) is 6.87. The Balaban J connectivity index is 1.41. The highest BCUT2D eigenvalue weighted by Gasteiger charge is 2.57. The van der Waals surface area contributed by atoms with Gasteiger partial charge < -0.3 is 29.7 Å². The van der Waals surface area contributed by atoms with Crippen LogP contribution in [0.25, 0.3) is 11.1 Å². The fraction of sp³-hybridized carbons (Fsp3) is 0.574. The summed E-state index contributed by atoms with van der Waals surface area (Å²) in [5.41, 5.74) is -0.527. The third-order valence-corrected chi connectivity index (χ3v) is 11.8. The number of pyridine rings is 1. The average molecular weight is 988 g/mol. The lowest BCUT2D eigenvalue weighted by molar-refractivity contribution is -0.678. The molecule has 1 aromatic carbocycles. The zero-order valence-corrected chi connectivity index (χ0v) is 42.9. The number of alkyl carbamates (subject to hydrolysis) is 2. The standard InChI is InChI=1S/C47H66N6O13S2/c1-29-49-36(28-67-29)40(38(55)25-34-41(56)53(47(34,11)12)66-68(59,60)61)51-65-39(44(2,3)4)27-62-33-21-18-30(19-22-33)31-17-20-32(52(13)26-31)24-37(54)35(50-43(58)64-46(8,9)10)16-14-15-23-48-42(57)63-45(5,6)7/h17-22,26,28,34-35,39H,14-16,23-25,27H2,1-13H3,(H2-,48,50,57,58,59,60,61)/p+1/b51-40-/t34-,35+,39+/m1/s1. The van der Waals surface area contributed by atoms with Crippen LogP contribution >= 0.6 is 11.3 Å². The van der Waals surface area contributed by atoms with Gasteiger partial charge >= 0.3 is 22.6 Å². The number of Topliss-reactive ketones (excluding diaryl/α,β-unsaturated/α-hetero) is 2. The van der Waals surface area contributed by atoms with Crippen molar-refractivity contribution in [3.63, 3.8) is 0 Å². The van der Waals surface area contributed by atoms with E-state index in [2.05, 4.69) is 25.1 Å². The molecule has 68 heavy (non-hydrogen) atoms. The summed E-state index contributed by atoms with van der Waals surface area (Å²) in [5, 5.41) is 12.6. The van der Waals surface area contributed by atoms with Gasteiger partial charge in [-0.05, 0) is 105 Å². The number of aromatic nitrogens is 2. The van der Waals surface area contributed by atoms with E-state index in [0.717, 1.165) is 16.8 Å². The topological polar surface area (TPSA) is 242 Å². The van der Waals surface area contributed by atoms with Crippen molar-refractivity contribution in [1.29, 1.82) is 0 Å². The maximum Gasteiger partial charge on any atom is 0.418 e. The van der Waals surface area contributed by atoms with Crippen molar-refractivity contribution in [1.82, 2.24) is 20.7 Å². The number of unbranched alkanes of at least 4 members (excludes halogenated alkanes) is 1. The number of oxime groups is 1. The van der Waals surface area contributed by atoms with Crippen molar-refractivity contribution < 1.29 is 64.8 Å². The highest BCUT2D eigenvalue weighted by Crippen LogP contribution is 2.41. The smallest absolute Gasteiger partial charge is 0.418 e. The number of rotatable bonds is 21. The fourth-order valence-corrected chi connectivity index (χ4v) is 7.92. The summed E-state index contributed by atoms with van der Waals surface area (Å²) in [6, 6.07) is 10.4. The molecule has 3 amide bonds. The Kier molecular flexibility index (Phi) is 18.1. The molecule has 0 aliphatic carbocycles. The average Bonchev–Trinajstić information content (AvgIpc) is 3.63. The van der Waals surface area contributed by atoms with Gasteiger partial charge in [0, 0.05) is 35.4 Å². The van der Waals surface area contributed by atoms with Crippen LogP contribution in [0.4, 0.5) is 9.59 Å². The van der Waals surface area contributed by atoms with E-state index in [1.54, 1.807) is 53.8 Å². The summed E-state index contributed by atoms with van der Waals surface area (Å²) in [6.07, 6.45) is 1.18. The van der Waals surface area contributed by atoms with Crippen LogP contribution in [0.3, 0.4) is 0 Å². The van der Waals surface area contributed by atoms with E-state index < -0.39 is 74.5 Å². The predicted molar refractivity (Wildman–Crippen MR) is 253 cm³/mol. The quantitative estimate of drug-likeness (QED) is 0.0249. The monoisotopic (exact) mass is 987 g/mol. The number of hydroxylamine groups is 2. The molecule has 3 atom stereocenters. The highest BCUT2D eigenvalue weighted by molar-refractivity contribution is 7.80. The van der Waals surface area contributed by atoms with Gasteiger partial charge in [0.2, 0.25) is 0 Å². The number of carbonyl (C=O) groups is 5. The number of aryl methyl sites for hydroxylation is 2. The number of ketones is 2. The molecule has 1 aliphatic heterocycles. The lowest BCUT2D eigenvalue weighted by Gasteiger charge is -2.50. The largest absolute Gasteiger partial charge is 0.490 e. The summed E-state index contributed by atoms with van der Waals surface area (Å²) in [7, 11) is -3.12. The van der Waals surface area contributed by atoms with E-state index in [-0.39, 0.29) is 36.6 Å². The van der Waals surface area contributed by atoms with Crippen molar-refractivity contribution in [3.8, 4) is 16.9 Å². The van der Waals surface area contributed by atoms with Crippen LogP contribution in [0.15, 0.2) is 53.1 Å². The summed E-state index contributed by atoms with van der Waals surface area (Å²) in [4.78, 5) is 75.5. The number of carbonyl (C=O) groups excluding carboxylic acids is 5. The lowest BCUT2D eigenvalue weighted by atomic mass is 9.74. The van der Waals surface area contributed by atoms with Crippen LogP contribution in [0.2, 0.25) is 0 Å². The van der Waals surface area contributed by atoms with Gasteiger partial charge in [0.1, 0.15) is 36.3 Å². The van der Waals surface area contributed by atoms with Crippen LogP contribution < -0.4 is 19.9 Å². The first kappa shape index (κ1) is 55.1. The van der Waals surface area contributed by atoms with Crippen molar-refractivity contribution in [2.45, 2.75) is 144 Å². The SMILES string of the molecule is Cc1nc(/C(=N/O[C@@H](COc2ccc(-c3ccc(CC(=O)[C@H](CCCCNC(=O)OC(C)(C)C)NC(=O)OC(C)(C)C)[n+](C)c3)cc2)C(C)(C)C)C(=O)C[C@@H]2C(=O)N(OS(=O)(=O)O)C2(C)C)cs1. The molecule has 374 valence electrons. The normalized spacial score (nSPS) is 16.3. The Labute approximate surface area is 403 Å². The molecule has 0 spiro atoms. The van der Waals surface area contributed by atoms with Gasteiger partial charge in [-0.2, -0.15) is 13.5 Å². The van der Waals surface area contributed by atoms with Gasteiger partial charge in [0.05, 0.1) is 28.9 Å². The molecule has 19 nitrogen and oxygen atoms in total. The van der Waals surface area contributed by atoms with Gasteiger partial charge in [0.15, 0.2) is 35.3 Å². The summed E-state index contributed by atoms with van der Waals surface area (Å²) < 4.78 is 54.9. The first-order valence-electron chi connectivity index (χ1n) is 22.2. The molecule has 21 heteroatoms. The number of thiazole rings is 1. The number of hydrogen-bond acceptors (Lipinski definition) is 15. The van der Waals surface area contributed by atoms with E-state index in [9.17, 15) is 32.4 Å². The summed E-state index contributed by atoms with van der Waals surface area (Å²) in [5.74, 6) is -1.99. The minimum atomic E-state index is -4.97. The number of nitrogens with one attached hydrogen (secondary N) is 2. The second-order valence-corrected chi connectivity index (χ2v) is 22.3. The second-order valence-electron chi connectivity index (χ2n) is 20.2. The van der Waals surface area contributed by atoms with E-state index in [0.29, 0.717) is 41.6 Å². The first-order chi connectivity index (χ1) is 31.3. The summed E-state index contributed by atoms with van der Waals surface area (Å²) >= 11 is 1.30. The van der Waals surface area contributed by atoms with Gasteiger partial charge in [-0.3, -0.25) is 18.9 Å². The van der Waals surface area contributed by atoms with E-state index in [1.807, 2.05) is 75.0 Å². The minimum Gasteiger partial charge on any atom is -0.490 e. The number of ether oxygens (including phenoxy) is 3. The maximum absolute atomic E-state index is 13.8. The van der Waals surface area contributed by atoms with Crippen LogP contribution in [-0.2, 0) is 56.8 Å². The van der Waals surface area contributed by atoms with Crippen molar-refractivity contribution in [3.05, 3.63) is 64.4 Å². The number of nitrogens with zero attached hydrogens (tertiary/aromatic N) is 4. The zero-order valence-electron chi connectivity index (χ0n) is 41.3. The van der Waals surface area contributed by atoms with Gasteiger partial charge in [-0.25, -0.2) is 19.1 Å². The molecular weight excluding hydrogens is 921 g/mol. The van der Waals surface area contributed by atoms with E-state index >= 15 is 0 Å². The number of hydrogen-bond donors (Lipinski definition) is 3. The third kappa shape index (κ3) is 16.6. The number of amides is 3. The molecule has 3 N–H and O–H groups in total. The molecule has 0 unspecified atom stereocenters. The molecular formula is C47H67N6O13S2+. The minimum absolute atomic E-state index is 0.0461. The van der Waals surface area contributed by atoms with Gasteiger partial charge in [-0.15, -0.1) is 15.6 Å². The highest BCUT2D eigenvalue weighted by atomic mass is 32.3. The molecule has 1 aliphatic rings. The zero-order chi connectivity index (χ0) is 51.0. The van der Waals surface area contributed by atoms with Gasteiger partial charge in [-0.1, -0.05) is 38.1 Å². The van der Waals surface area contributed by atoms with Crippen LogP contribution in [0, 0.1) is 18.3 Å². The van der Waals surface area contributed by atoms with Crippen molar-refractivity contribution >= 4 is 57.1 Å². The third-order valence-electron chi connectivity index (χ3n) is 10.6. The molecule has 0 radical (unpaired) electrons. The lowest BCUT2D eigenvalue weighted by Crippen LogP contribution is -2.68. The Morgan fingerprint density at radius 2 is 1.56 bits per heavy atom. The van der Waals surface area contributed by atoms with E-state index in [1.165, 1.54) is 25.2 Å². The predicted octanol–water partition coefficient (Wildman–Crippen LogP) is 6.79. The van der Waals surface area contributed by atoms with Gasteiger partial charge in [0.25, 0.3) is 5.91 Å². The van der Waals surface area contributed by atoms with E-state index in [4.69, 9.17) is 23.6 Å². The first-order valence-corrected chi connectivity index (χ1v) is 24.5. The molecule has 0 bridgehead atoms. The number of benzene rings is 1. The Morgan fingerprint density at radius 3 is 2.10 bits per heavy atom. The Hall–Kier alpha value is -5.51. The molecule has 1 fully saturated rings. The van der Waals surface area contributed by atoms with Crippen LogP contribution in [-0.4, -0.2) is 100 Å². The summed E-state index contributed by atoms with van der Waals surface area (Å²) in [6.45, 7) is 21.5. The molecule has 3 heterocycles. The second kappa shape index (κ2) is 22.3. The molecule has 0 saturated carbocycles. The Morgan fingerprint density at radius 1 is 0.941 bits per heavy atom. The van der Waals surface area contributed by atoms with Crippen LogP contribution in [0.5, 0.6) is 5.75 Å². The molecule has 2 aromatic heterocycles. The number of β-lactam (4-membered cyclic amide) rings is 1. The maximum atomic E-state index is 13.8. The molecule has 3 aromatic rings. The van der Waals surface area contributed by atoms with Crippen molar-refractivity contribution in [2.24, 2.45) is 23.5 Å². The Bertz CT molecular complexity index is 2430.